The number of aromatic nitrogens is 2. The Labute approximate surface area is 143 Å². The summed E-state index contributed by atoms with van der Waals surface area (Å²) in [7, 11) is 0. The molecule has 2 nitrogen and oxygen atoms in total. The SMILES string of the molecule is Cc1cc(Br)ccc1-n1nc(C2CCCC2)c(CCl)c1Cl. The van der Waals surface area contributed by atoms with Gasteiger partial charge in [-0.15, -0.1) is 11.6 Å². The molecule has 1 heterocycles. The van der Waals surface area contributed by atoms with E-state index in [9.17, 15) is 0 Å². The summed E-state index contributed by atoms with van der Waals surface area (Å²) in [5, 5.41) is 5.46. The molecule has 0 unspecified atom stereocenters. The summed E-state index contributed by atoms with van der Waals surface area (Å²) in [5.74, 6) is 0.925. The zero-order chi connectivity index (χ0) is 15.0. The molecule has 112 valence electrons. The third-order valence-corrected chi connectivity index (χ3v) is 5.36. The van der Waals surface area contributed by atoms with Crippen LogP contribution in [0.15, 0.2) is 22.7 Å². The van der Waals surface area contributed by atoms with E-state index < -0.39 is 0 Å². The van der Waals surface area contributed by atoms with Crippen LogP contribution >= 0.6 is 39.1 Å². The van der Waals surface area contributed by atoms with Crippen LogP contribution in [-0.2, 0) is 5.88 Å². The molecule has 1 aromatic heterocycles. The van der Waals surface area contributed by atoms with Crippen molar-refractivity contribution in [2.45, 2.75) is 44.4 Å². The Kier molecular flexibility index (Phi) is 4.63. The Morgan fingerprint density at radius 2 is 2.05 bits per heavy atom. The first-order valence-corrected chi connectivity index (χ1v) is 8.92. The molecule has 1 aliphatic carbocycles. The predicted molar refractivity (Wildman–Crippen MR) is 91.8 cm³/mol. The van der Waals surface area contributed by atoms with Gasteiger partial charge < -0.3 is 0 Å². The molecule has 0 bridgehead atoms. The molecule has 5 heteroatoms. The number of rotatable bonds is 3. The molecular weight excluding hydrogens is 371 g/mol. The molecule has 0 spiro atoms. The van der Waals surface area contributed by atoms with Crippen molar-refractivity contribution in [2.24, 2.45) is 0 Å². The molecule has 1 aliphatic rings. The topological polar surface area (TPSA) is 17.8 Å². The van der Waals surface area contributed by atoms with Crippen molar-refractivity contribution in [3.63, 3.8) is 0 Å². The minimum atomic E-state index is 0.417. The lowest BCUT2D eigenvalue weighted by Crippen LogP contribution is -2.01. The molecule has 0 N–H and O–H groups in total. The molecule has 2 aromatic rings. The Bertz CT molecular complexity index is 661. The van der Waals surface area contributed by atoms with Gasteiger partial charge in [0.1, 0.15) is 5.15 Å². The minimum Gasteiger partial charge on any atom is -0.221 e. The van der Waals surface area contributed by atoms with Crippen molar-refractivity contribution in [3.05, 3.63) is 44.6 Å². The molecule has 0 saturated heterocycles. The second-order valence-electron chi connectivity index (χ2n) is 5.61. The van der Waals surface area contributed by atoms with Gasteiger partial charge in [-0.05, 0) is 43.5 Å². The fourth-order valence-electron chi connectivity index (χ4n) is 3.11. The highest BCUT2D eigenvalue weighted by molar-refractivity contribution is 9.10. The summed E-state index contributed by atoms with van der Waals surface area (Å²) < 4.78 is 2.90. The third-order valence-electron chi connectivity index (χ3n) is 4.21. The number of alkyl halides is 1. The number of hydrogen-bond acceptors (Lipinski definition) is 1. The number of halogens is 3. The lowest BCUT2D eigenvalue weighted by atomic mass is 10.0. The largest absolute Gasteiger partial charge is 0.221 e. The lowest BCUT2D eigenvalue weighted by Gasteiger charge is -2.08. The van der Waals surface area contributed by atoms with Crippen molar-refractivity contribution >= 4 is 39.1 Å². The van der Waals surface area contributed by atoms with Crippen molar-refractivity contribution in [1.29, 1.82) is 0 Å². The first kappa shape index (κ1) is 15.4. The molecule has 0 atom stereocenters. The second kappa shape index (κ2) is 6.31. The quantitative estimate of drug-likeness (QED) is 0.591. The summed E-state index contributed by atoms with van der Waals surface area (Å²) >= 11 is 16.2. The molecule has 0 amide bonds. The van der Waals surface area contributed by atoms with Gasteiger partial charge >= 0.3 is 0 Å². The van der Waals surface area contributed by atoms with Crippen molar-refractivity contribution in [3.8, 4) is 5.69 Å². The summed E-state index contributed by atoms with van der Waals surface area (Å²) in [6.07, 6.45) is 4.93. The van der Waals surface area contributed by atoms with Crippen LogP contribution in [0.2, 0.25) is 5.15 Å². The number of nitrogens with zero attached hydrogens (tertiary/aromatic N) is 2. The van der Waals surface area contributed by atoms with Crippen LogP contribution in [0, 0.1) is 6.92 Å². The van der Waals surface area contributed by atoms with Gasteiger partial charge in [0, 0.05) is 16.0 Å². The Morgan fingerprint density at radius 3 is 2.67 bits per heavy atom. The summed E-state index contributed by atoms with van der Waals surface area (Å²) in [6.45, 7) is 2.06. The number of benzene rings is 1. The summed E-state index contributed by atoms with van der Waals surface area (Å²) in [6, 6.07) is 6.12. The van der Waals surface area contributed by atoms with Gasteiger partial charge in [0.25, 0.3) is 0 Å². The maximum absolute atomic E-state index is 6.56. The van der Waals surface area contributed by atoms with E-state index in [0.29, 0.717) is 17.0 Å². The van der Waals surface area contributed by atoms with Gasteiger partial charge in [0.05, 0.1) is 17.3 Å². The number of aryl methyl sites for hydroxylation is 1. The smallest absolute Gasteiger partial charge is 0.137 e. The van der Waals surface area contributed by atoms with E-state index >= 15 is 0 Å². The molecule has 1 saturated carbocycles. The fraction of sp³-hybridized carbons (Fsp3) is 0.438. The third kappa shape index (κ3) is 2.88. The molecule has 1 fully saturated rings. The molecule has 1 aromatic carbocycles. The standard InChI is InChI=1S/C16H17BrCl2N2/c1-10-8-12(17)6-7-14(10)21-16(19)13(9-18)15(20-21)11-4-2-3-5-11/h6-8,11H,2-5,9H2,1H3. The summed E-state index contributed by atoms with van der Waals surface area (Å²) in [4.78, 5) is 0. The minimum absolute atomic E-state index is 0.417. The molecular formula is C16H17BrCl2N2. The normalized spacial score (nSPS) is 15.8. The molecule has 0 aliphatic heterocycles. The second-order valence-corrected chi connectivity index (χ2v) is 7.15. The monoisotopic (exact) mass is 386 g/mol. The highest BCUT2D eigenvalue weighted by atomic mass is 79.9. The highest BCUT2D eigenvalue weighted by Gasteiger charge is 2.26. The Balaban J connectivity index is 2.10. The van der Waals surface area contributed by atoms with Gasteiger partial charge in [-0.3, -0.25) is 0 Å². The summed E-state index contributed by atoms with van der Waals surface area (Å²) in [5.41, 5.74) is 4.23. The maximum Gasteiger partial charge on any atom is 0.137 e. The van der Waals surface area contributed by atoms with Gasteiger partial charge in [-0.25, -0.2) is 4.68 Å². The fourth-order valence-corrected chi connectivity index (χ4v) is 4.21. The van der Waals surface area contributed by atoms with E-state index in [1.54, 1.807) is 0 Å². The Morgan fingerprint density at radius 1 is 1.33 bits per heavy atom. The molecule has 0 radical (unpaired) electrons. The van der Waals surface area contributed by atoms with Crippen LogP contribution in [0.25, 0.3) is 5.69 Å². The van der Waals surface area contributed by atoms with Crippen LogP contribution < -0.4 is 0 Å². The van der Waals surface area contributed by atoms with Gasteiger partial charge in [-0.1, -0.05) is 40.4 Å². The van der Waals surface area contributed by atoms with Gasteiger partial charge in [0.15, 0.2) is 0 Å². The number of hydrogen-bond donors (Lipinski definition) is 0. The Hall–Kier alpha value is -0.510. The van der Waals surface area contributed by atoms with Crippen molar-refractivity contribution in [2.75, 3.05) is 0 Å². The van der Waals surface area contributed by atoms with Crippen LogP contribution in [0.3, 0.4) is 0 Å². The lowest BCUT2D eigenvalue weighted by molar-refractivity contribution is 0.674. The molecule has 21 heavy (non-hydrogen) atoms. The van der Waals surface area contributed by atoms with E-state index in [-0.39, 0.29) is 0 Å². The van der Waals surface area contributed by atoms with E-state index in [0.717, 1.165) is 27.0 Å². The van der Waals surface area contributed by atoms with Gasteiger partial charge in [0.2, 0.25) is 0 Å². The van der Waals surface area contributed by atoms with E-state index in [4.69, 9.17) is 28.3 Å². The zero-order valence-corrected chi connectivity index (χ0v) is 15.0. The first-order chi connectivity index (χ1) is 10.1. The van der Waals surface area contributed by atoms with E-state index in [1.807, 2.05) is 16.8 Å². The average molecular weight is 388 g/mol. The predicted octanol–water partition coefficient (Wildman–Crippen LogP) is 5.99. The van der Waals surface area contributed by atoms with Gasteiger partial charge in [-0.2, -0.15) is 5.10 Å². The van der Waals surface area contributed by atoms with Crippen molar-refractivity contribution < 1.29 is 0 Å². The van der Waals surface area contributed by atoms with Crippen molar-refractivity contribution in [1.82, 2.24) is 9.78 Å². The van der Waals surface area contributed by atoms with Crippen LogP contribution in [0.5, 0.6) is 0 Å². The maximum atomic E-state index is 6.56. The van der Waals surface area contributed by atoms with Crippen LogP contribution in [0.4, 0.5) is 0 Å². The first-order valence-electron chi connectivity index (χ1n) is 7.21. The zero-order valence-electron chi connectivity index (χ0n) is 11.9. The highest BCUT2D eigenvalue weighted by Crippen LogP contribution is 2.39. The van der Waals surface area contributed by atoms with E-state index in [2.05, 4.69) is 28.9 Å². The average Bonchev–Trinajstić information content (AvgIpc) is 3.07. The van der Waals surface area contributed by atoms with Crippen LogP contribution in [0.1, 0.15) is 48.4 Å². The van der Waals surface area contributed by atoms with Crippen LogP contribution in [-0.4, -0.2) is 9.78 Å². The van der Waals surface area contributed by atoms with E-state index in [1.165, 1.54) is 25.7 Å². The molecule has 3 rings (SSSR count).